The standard InChI is InChI=1S/C16H26O/c1-12-6-5-7-13(11-17-4)10-15-14(9-8-12)16(15,2)3/h6,10,14-15H,5,7-9,11H2,1-4H3. The average Bonchev–Trinajstić information content (AvgIpc) is 2.77. The molecule has 0 aromatic carbocycles. The van der Waals surface area contributed by atoms with E-state index < -0.39 is 0 Å². The fraction of sp³-hybridized carbons (Fsp3) is 0.750. The topological polar surface area (TPSA) is 9.23 Å². The fourth-order valence-electron chi connectivity index (χ4n) is 3.30. The number of rotatable bonds is 2. The molecule has 0 amide bonds. The third-order valence-electron chi connectivity index (χ3n) is 4.69. The average molecular weight is 234 g/mol. The van der Waals surface area contributed by atoms with Crippen LogP contribution in [-0.2, 0) is 4.74 Å². The smallest absolute Gasteiger partial charge is 0.0673 e. The number of methoxy groups -OCH3 is 1. The zero-order valence-corrected chi connectivity index (χ0v) is 11.8. The third-order valence-corrected chi connectivity index (χ3v) is 4.69. The molecule has 2 atom stereocenters. The summed E-state index contributed by atoms with van der Waals surface area (Å²) in [5.41, 5.74) is 3.59. The Morgan fingerprint density at radius 3 is 2.82 bits per heavy atom. The minimum absolute atomic E-state index is 0.517. The molecule has 0 aromatic heterocycles. The Morgan fingerprint density at radius 2 is 2.12 bits per heavy atom. The van der Waals surface area contributed by atoms with Gasteiger partial charge >= 0.3 is 0 Å². The van der Waals surface area contributed by atoms with Crippen molar-refractivity contribution in [2.75, 3.05) is 13.7 Å². The van der Waals surface area contributed by atoms with Gasteiger partial charge in [0.2, 0.25) is 0 Å². The van der Waals surface area contributed by atoms with Crippen molar-refractivity contribution in [3.8, 4) is 0 Å². The molecule has 0 aromatic rings. The van der Waals surface area contributed by atoms with Crippen LogP contribution in [0.5, 0.6) is 0 Å². The molecular formula is C16H26O. The van der Waals surface area contributed by atoms with E-state index in [4.69, 9.17) is 4.74 Å². The second kappa shape index (κ2) is 4.97. The molecule has 0 bridgehead atoms. The number of fused-ring (bicyclic) bond motifs is 1. The maximum Gasteiger partial charge on any atom is 0.0673 e. The van der Waals surface area contributed by atoms with E-state index in [1.807, 2.05) is 0 Å². The first kappa shape index (κ1) is 12.9. The molecule has 0 heterocycles. The van der Waals surface area contributed by atoms with Crippen molar-refractivity contribution in [2.45, 2.75) is 46.5 Å². The quantitative estimate of drug-likeness (QED) is 0.645. The van der Waals surface area contributed by atoms with E-state index in [-0.39, 0.29) is 0 Å². The minimum atomic E-state index is 0.517. The zero-order chi connectivity index (χ0) is 12.5. The lowest BCUT2D eigenvalue weighted by Gasteiger charge is -2.08. The Morgan fingerprint density at radius 1 is 1.35 bits per heavy atom. The van der Waals surface area contributed by atoms with E-state index in [1.54, 1.807) is 12.7 Å². The van der Waals surface area contributed by atoms with Crippen LogP contribution in [0.25, 0.3) is 0 Å². The van der Waals surface area contributed by atoms with E-state index in [0.717, 1.165) is 18.4 Å². The minimum Gasteiger partial charge on any atom is -0.380 e. The Bertz CT molecular complexity index is 335. The van der Waals surface area contributed by atoms with Crippen molar-refractivity contribution in [1.29, 1.82) is 0 Å². The molecule has 2 rings (SSSR count). The van der Waals surface area contributed by atoms with Gasteiger partial charge in [-0.3, -0.25) is 0 Å². The van der Waals surface area contributed by atoms with Gasteiger partial charge in [-0.25, -0.2) is 0 Å². The van der Waals surface area contributed by atoms with Crippen LogP contribution in [0.1, 0.15) is 46.5 Å². The van der Waals surface area contributed by atoms with Gasteiger partial charge in [-0.2, -0.15) is 0 Å². The van der Waals surface area contributed by atoms with E-state index in [2.05, 4.69) is 32.9 Å². The van der Waals surface area contributed by atoms with Crippen LogP contribution in [0.3, 0.4) is 0 Å². The fourth-order valence-corrected chi connectivity index (χ4v) is 3.30. The maximum atomic E-state index is 5.32. The second-order valence-corrected chi connectivity index (χ2v) is 6.34. The summed E-state index contributed by atoms with van der Waals surface area (Å²) in [4.78, 5) is 0. The van der Waals surface area contributed by atoms with Crippen molar-refractivity contribution in [2.24, 2.45) is 17.3 Å². The van der Waals surface area contributed by atoms with Crippen LogP contribution >= 0.6 is 0 Å². The van der Waals surface area contributed by atoms with Crippen LogP contribution in [0.15, 0.2) is 23.3 Å². The molecule has 0 spiro atoms. The summed E-state index contributed by atoms with van der Waals surface area (Å²) in [7, 11) is 1.80. The summed E-state index contributed by atoms with van der Waals surface area (Å²) in [5, 5.41) is 0. The largest absolute Gasteiger partial charge is 0.380 e. The van der Waals surface area contributed by atoms with Gasteiger partial charge < -0.3 is 4.74 Å². The lowest BCUT2D eigenvalue weighted by atomic mass is 10.0. The van der Waals surface area contributed by atoms with Gasteiger partial charge in [0.15, 0.2) is 0 Å². The molecule has 1 fully saturated rings. The van der Waals surface area contributed by atoms with Crippen molar-refractivity contribution >= 4 is 0 Å². The van der Waals surface area contributed by atoms with Crippen LogP contribution in [-0.4, -0.2) is 13.7 Å². The summed E-state index contributed by atoms with van der Waals surface area (Å²) in [6.07, 6.45) is 9.93. The molecule has 1 nitrogen and oxygen atoms in total. The van der Waals surface area contributed by atoms with Gasteiger partial charge in [-0.05, 0) is 55.4 Å². The molecule has 0 aliphatic heterocycles. The molecule has 96 valence electrons. The molecule has 1 saturated carbocycles. The molecule has 1 heteroatoms. The van der Waals surface area contributed by atoms with Crippen LogP contribution in [0.4, 0.5) is 0 Å². The van der Waals surface area contributed by atoms with Crippen molar-refractivity contribution in [3.63, 3.8) is 0 Å². The van der Waals surface area contributed by atoms with Crippen molar-refractivity contribution in [1.82, 2.24) is 0 Å². The van der Waals surface area contributed by atoms with Crippen LogP contribution in [0.2, 0.25) is 0 Å². The van der Waals surface area contributed by atoms with Gasteiger partial charge in [-0.1, -0.05) is 31.6 Å². The number of hydrogen-bond donors (Lipinski definition) is 0. The predicted molar refractivity (Wildman–Crippen MR) is 72.9 cm³/mol. The van der Waals surface area contributed by atoms with Crippen molar-refractivity contribution in [3.05, 3.63) is 23.3 Å². The molecule has 0 radical (unpaired) electrons. The summed E-state index contributed by atoms with van der Waals surface area (Å²) in [5.74, 6) is 1.68. The highest BCUT2D eigenvalue weighted by Crippen LogP contribution is 2.61. The summed E-state index contributed by atoms with van der Waals surface area (Å²) in [6, 6.07) is 0. The monoisotopic (exact) mass is 234 g/mol. The Kier molecular flexibility index (Phi) is 3.77. The molecule has 2 unspecified atom stereocenters. The Labute approximate surface area is 106 Å². The van der Waals surface area contributed by atoms with Gasteiger partial charge in [0.25, 0.3) is 0 Å². The normalized spacial score (nSPS) is 32.2. The third kappa shape index (κ3) is 2.82. The summed E-state index contributed by atoms with van der Waals surface area (Å²) < 4.78 is 5.32. The summed E-state index contributed by atoms with van der Waals surface area (Å²) in [6.45, 7) is 7.93. The first-order valence-corrected chi connectivity index (χ1v) is 6.90. The summed E-state index contributed by atoms with van der Waals surface area (Å²) >= 11 is 0. The van der Waals surface area contributed by atoms with Gasteiger partial charge in [0, 0.05) is 7.11 Å². The highest BCUT2D eigenvalue weighted by molar-refractivity contribution is 5.21. The highest BCUT2D eigenvalue weighted by atomic mass is 16.5. The van der Waals surface area contributed by atoms with E-state index in [9.17, 15) is 0 Å². The van der Waals surface area contributed by atoms with Gasteiger partial charge in [0.1, 0.15) is 0 Å². The predicted octanol–water partition coefficient (Wildman–Crippen LogP) is 4.35. The highest BCUT2D eigenvalue weighted by Gasteiger charge is 2.55. The van der Waals surface area contributed by atoms with E-state index in [1.165, 1.54) is 31.3 Å². The second-order valence-electron chi connectivity index (χ2n) is 6.34. The van der Waals surface area contributed by atoms with Crippen molar-refractivity contribution < 1.29 is 4.74 Å². The van der Waals surface area contributed by atoms with Crippen LogP contribution in [0, 0.1) is 17.3 Å². The molecule has 17 heavy (non-hydrogen) atoms. The molecule has 2 aliphatic rings. The lowest BCUT2D eigenvalue weighted by molar-refractivity contribution is 0.222. The number of hydrogen-bond acceptors (Lipinski definition) is 1. The molecule has 0 saturated heterocycles. The molecule has 0 N–H and O–H groups in total. The van der Waals surface area contributed by atoms with Crippen LogP contribution < -0.4 is 0 Å². The number of ether oxygens (including phenoxy) is 1. The Hall–Kier alpha value is -0.560. The first-order chi connectivity index (χ1) is 8.05. The first-order valence-electron chi connectivity index (χ1n) is 6.90. The number of allylic oxidation sites excluding steroid dienone is 3. The van der Waals surface area contributed by atoms with E-state index in [0.29, 0.717) is 5.41 Å². The lowest BCUT2D eigenvalue weighted by Crippen LogP contribution is -1.97. The van der Waals surface area contributed by atoms with E-state index >= 15 is 0 Å². The zero-order valence-electron chi connectivity index (χ0n) is 11.8. The molecule has 2 aliphatic carbocycles. The van der Waals surface area contributed by atoms with Gasteiger partial charge in [-0.15, -0.1) is 0 Å². The van der Waals surface area contributed by atoms with Gasteiger partial charge in [0.05, 0.1) is 6.61 Å². The molecular weight excluding hydrogens is 208 g/mol. The SMILES string of the molecule is COCC1=CC2C(CCC(C)=CCC1)C2(C)C. The Balaban J connectivity index is 2.13. The maximum absolute atomic E-state index is 5.32.